The van der Waals surface area contributed by atoms with Crippen LogP contribution in [0.3, 0.4) is 0 Å². The van der Waals surface area contributed by atoms with Crippen molar-refractivity contribution in [3.63, 3.8) is 0 Å². The van der Waals surface area contributed by atoms with Crippen LogP contribution in [-0.2, 0) is 19.4 Å². The van der Waals surface area contributed by atoms with Crippen molar-refractivity contribution in [1.29, 1.82) is 0 Å². The fraction of sp³-hybridized carbons (Fsp3) is 0.368. The second-order valence-corrected chi connectivity index (χ2v) is 9.45. The van der Waals surface area contributed by atoms with Gasteiger partial charge >= 0.3 is 11.8 Å². The van der Waals surface area contributed by atoms with Gasteiger partial charge in [-0.2, -0.15) is 0 Å². The topological polar surface area (TPSA) is 92.3 Å². The fourth-order valence-electron chi connectivity index (χ4n) is 2.55. The molecule has 1 heterocycles. The van der Waals surface area contributed by atoms with Gasteiger partial charge in [0.15, 0.2) is 9.84 Å². The van der Waals surface area contributed by atoms with E-state index in [4.69, 9.17) is 0 Å². The molecule has 2 aromatic rings. The van der Waals surface area contributed by atoms with Crippen LogP contribution in [0.4, 0.5) is 0 Å². The molecule has 0 aliphatic carbocycles. The van der Waals surface area contributed by atoms with Crippen molar-refractivity contribution < 1.29 is 18.0 Å². The highest BCUT2D eigenvalue weighted by atomic mass is 32.2. The van der Waals surface area contributed by atoms with Crippen molar-refractivity contribution in [3.05, 3.63) is 52.2 Å². The summed E-state index contributed by atoms with van der Waals surface area (Å²) < 4.78 is 26.3. The van der Waals surface area contributed by atoms with Crippen LogP contribution in [0.1, 0.15) is 42.4 Å². The lowest BCUT2D eigenvalue weighted by atomic mass is 10.0. The van der Waals surface area contributed by atoms with Gasteiger partial charge in [0.05, 0.1) is 4.90 Å². The average Bonchev–Trinajstić information content (AvgIpc) is 3.16. The zero-order valence-electron chi connectivity index (χ0n) is 15.6. The van der Waals surface area contributed by atoms with E-state index >= 15 is 0 Å². The van der Waals surface area contributed by atoms with Crippen LogP contribution in [0.2, 0.25) is 0 Å². The van der Waals surface area contributed by atoms with E-state index in [-0.39, 0.29) is 11.4 Å². The highest BCUT2D eigenvalue weighted by Gasteiger charge is 2.31. The Bertz CT molecular complexity index is 873. The van der Waals surface area contributed by atoms with Gasteiger partial charge in [-0.05, 0) is 42.0 Å². The summed E-state index contributed by atoms with van der Waals surface area (Å²) in [6.07, 6.45) is 0. The molecule has 0 saturated heterocycles. The first-order valence-electron chi connectivity index (χ1n) is 8.70. The maximum atomic E-state index is 13.2. The number of sulfone groups is 1. The molecule has 1 atom stereocenters. The van der Waals surface area contributed by atoms with Gasteiger partial charge in [-0.3, -0.25) is 9.59 Å². The SMILES string of the molecule is CCNC(=O)C(=O)NC[C@H](c1cccs1)S(=O)(=O)c1ccc(C(C)C)cc1. The summed E-state index contributed by atoms with van der Waals surface area (Å²) in [6, 6.07) is 10.3. The van der Waals surface area contributed by atoms with E-state index in [1.807, 2.05) is 13.8 Å². The lowest BCUT2D eigenvalue weighted by Gasteiger charge is -2.18. The van der Waals surface area contributed by atoms with Gasteiger partial charge in [0.2, 0.25) is 0 Å². The normalized spacial score (nSPS) is 12.6. The number of hydrogen-bond donors (Lipinski definition) is 2. The molecular formula is C19H24N2O4S2. The van der Waals surface area contributed by atoms with E-state index in [1.54, 1.807) is 48.7 Å². The van der Waals surface area contributed by atoms with Gasteiger partial charge in [0.1, 0.15) is 5.25 Å². The van der Waals surface area contributed by atoms with Crippen LogP contribution in [-0.4, -0.2) is 33.3 Å². The number of nitrogens with one attached hydrogen (secondary N) is 2. The van der Waals surface area contributed by atoms with Gasteiger partial charge in [-0.25, -0.2) is 8.42 Å². The minimum Gasteiger partial charge on any atom is -0.348 e. The standard InChI is InChI=1S/C19H24N2O4S2/c1-4-20-18(22)19(23)21-12-17(16-6-5-11-26-16)27(24,25)15-9-7-14(8-10-15)13(2)3/h5-11,13,17H,4,12H2,1-3H3,(H,20,22)(H,21,23)/t17-/m1/s1. The summed E-state index contributed by atoms with van der Waals surface area (Å²) in [6.45, 7) is 5.92. The number of carbonyl (C=O) groups is 2. The van der Waals surface area contributed by atoms with Crippen LogP contribution in [0, 0.1) is 0 Å². The summed E-state index contributed by atoms with van der Waals surface area (Å²) in [7, 11) is -3.74. The third-order valence-corrected chi connectivity index (χ3v) is 7.34. The molecule has 2 rings (SSSR count). The van der Waals surface area contributed by atoms with Crippen molar-refractivity contribution in [2.24, 2.45) is 0 Å². The molecule has 146 valence electrons. The summed E-state index contributed by atoms with van der Waals surface area (Å²) >= 11 is 1.30. The molecule has 1 aromatic heterocycles. The van der Waals surface area contributed by atoms with Crippen LogP contribution < -0.4 is 10.6 Å². The predicted molar refractivity (Wildman–Crippen MR) is 106 cm³/mol. The second kappa shape index (κ2) is 9.14. The third kappa shape index (κ3) is 5.17. The second-order valence-electron chi connectivity index (χ2n) is 6.34. The number of hydrogen-bond acceptors (Lipinski definition) is 5. The monoisotopic (exact) mass is 408 g/mol. The molecule has 0 aliphatic heterocycles. The van der Waals surface area contributed by atoms with Gasteiger partial charge in [0, 0.05) is 18.0 Å². The number of carbonyl (C=O) groups excluding carboxylic acids is 2. The highest BCUT2D eigenvalue weighted by Crippen LogP contribution is 2.32. The Kier molecular flexibility index (Phi) is 7.15. The number of benzene rings is 1. The molecule has 1 aromatic carbocycles. The molecule has 8 heteroatoms. The molecule has 0 fully saturated rings. The van der Waals surface area contributed by atoms with E-state index in [1.165, 1.54) is 11.3 Å². The summed E-state index contributed by atoms with van der Waals surface area (Å²) in [5, 5.41) is 5.66. The molecule has 0 aliphatic rings. The van der Waals surface area contributed by atoms with E-state index < -0.39 is 26.9 Å². The molecule has 0 spiro atoms. The van der Waals surface area contributed by atoms with Crippen molar-refractivity contribution in [1.82, 2.24) is 10.6 Å². The summed E-state index contributed by atoms with van der Waals surface area (Å²) in [5.74, 6) is -1.32. The summed E-state index contributed by atoms with van der Waals surface area (Å²) in [4.78, 5) is 24.3. The number of likely N-dealkylation sites (N-methyl/N-ethyl adjacent to an activating group) is 1. The largest absolute Gasteiger partial charge is 0.348 e. The zero-order chi connectivity index (χ0) is 20.0. The molecule has 0 unspecified atom stereocenters. The predicted octanol–water partition coefficient (Wildman–Crippen LogP) is 2.64. The van der Waals surface area contributed by atoms with Crippen LogP contribution in [0.5, 0.6) is 0 Å². The number of amides is 2. The zero-order valence-corrected chi connectivity index (χ0v) is 17.2. The van der Waals surface area contributed by atoms with Gasteiger partial charge in [-0.1, -0.05) is 32.0 Å². The Morgan fingerprint density at radius 1 is 1.04 bits per heavy atom. The Morgan fingerprint density at radius 3 is 2.19 bits per heavy atom. The van der Waals surface area contributed by atoms with E-state index in [0.717, 1.165) is 5.56 Å². The lowest BCUT2D eigenvalue weighted by molar-refractivity contribution is -0.139. The molecular weight excluding hydrogens is 384 g/mol. The van der Waals surface area contributed by atoms with Crippen molar-refractivity contribution in [2.75, 3.05) is 13.1 Å². The molecule has 0 radical (unpaired) electrons. The first-order chi connectivity index (χ1) is 12.8. The molecule has 0 saturated carbocycles. The van der Waals surface area contributed by atoms with Crippen molar-refractivity contribution >= 4 is 33.0 Å². The van der Waals surface area contributed by atoms with Crippen LogP contribution >= 0.6 is 11.3 Å². The first kappa shape index (κ1) is 21.1. The van der Waals surface area contributed by atoms with E-state index in [2.05, 4.69) is 10.6 Å². The van der Waals surface area contributed by atoms with E-state index in [9.17, 15) is 18.0 Å². The molecule has 6 nitrogen and oxygen atoms in total. The Balaban J connectivity index is 2.28. The third-order valence-electron chi connectivity index (χ3n) is 4.10. The minimum atomic E-state index is -3.74. The molecule has 0 bridgehead atoms. The lowest BCUT2D eigenvalue weighted by Crippen LogP contribution is -2.42. The van der Waals surface area contributed by atoms with Crippen LogP contribution in [0.15, 0.2) is 46.7 Å². The summed E-state index contributed by atoms with van der Waals surface area (Å²) in [5.41, 5.74) is 1.05. The Hall–Kier alpha value is -2.19. The smallest absolute Gasteiger partial charge is 0.309 e. The highest BCUT2D eigenvalue weighted by molar-refractivity contribution is 7.91. The van der Waals surface area contributed by atoms with Gasteiger partial charge < -0.3 is 10.6 Å². The van der Waals surface area contributed by atoms with Gasteiger partial charge in [-0.15, -0.1) is 11.3 Å². The first-order valence-corrected chi connectivity index (χ1v) is 11.1. The Labute approximate surface area is 163 Å². The fourth-order valence-corrected chi connectivity index (χ4v) is 5.34. The van der Waals surface area contributed by atoms with Gasteiger partial charge in [0.25, 0.3) is 0 Å². The van der Waals surface area contributed by atoms with E-state index in [0.29, 0.717) is 17.3 Å². The number of thiophene rings is 1. The number of rotatable bonds is 7. The molecule has 27 heavy (non-hydrogen) atoms. The van der Waals surface area contributed by atoms with Crippen molar-refractivity contribution in [3.8, 4) is 0 Å². The maximum Gasteiger partial charge on any atom is 0.309 e. The van der Waals surface area contributed by atoms with Crippen LogP contribution in [0.25, 0.3) is 0 Å². The minimum absolute atomic E-state index is 0.176. The molecule has 2 N–H and O–H groups in total. The quantitative estimate of drug-likeness (QED) is 0.689. The maximum absolute atomic E-state index is 13.2. The average molecular weight is 409 g/mol. The Morgan fingerprint density at radius 2 is 1.67 bits per heavy atom. The molecule has 2 amide bonds. The van der Waals surface area contributed by atoms with Crippen molar-refractivity contribution in [2.45, 2.75) is 36.8 Å².